The fourth-order valence-corrected chi connectivity index (χ4v) is 2.10. The monoisotopic (exact) mass is 362 g/mol. The molecule has 0 saturated carbocycles. The summed E-state index contributed by atoms with van der Waals surface area (Å²) in [7, 11) is 0. The Kier molecular flexibility index (Phi) is 4.71. The molecule has 0 atom stereocenters. The van der Waals surface area contributed by atoms with Crippen LogP contribution in [0, 0.1) is 18.2 Å². The van der Waals surface area contributed by atoms with E-state index in [-0.39, 0.29) is 21.9 Å². The molecule has 0 unspecified atom stereocenters. The van der Waals surface area contributed by atoms with Crippen LogP contribution >= 0.6 is 11.6 Å². The zero-order valence-corrected chi connectivity index (χ0v) is 12.3. The van der Waals surface area contributed by atoms with Crippen LogP contribution in [-0.2, 0) is 6.18 Å². The number of nitrogens with zero attached hydrogens (tertiary/aromatic N) is 2. The summed E-state index contributed by atoms with van der Waals surface area (Å²) in [6.45, 7) is -0.249. The van der Waals surface area contributed by atoms with Gasteiger partial charge >= 0.3 is 12.1 Å². The highest BCUT2D eigenvalue weighted by molar-refractivity contribution is 6.32. The van der Waals surface area contributed by atoms with Crippen LogP contribution in [0.1, 0.15) is 16.2 Å². The number of aromatic nitrogens is 2. The Morgan fingerprint density at radius 3 is 2.67 bits per heavy atom. The predicted molar refractivity (Wildman–Crippen MR) is 74.8 cm³/mol. The molecule has 24 heavy (non-hydrogen) atoms. The van der Waals surface area contributed by atoms with Crippen LogP contribution in [0.2, 0.25) is 5.02 Å². The number of imidazole rings is 1. The molecule has 0 radical (unpaired) electrons. The second-order valence-electron chi connectivity index (χ2n) is 4.34. The molecule has 1 N–H and O–H groups in total. The Hall–Kier alpha value is -2.73. The lowest BCUT2D eigenvalue weighted by atomic mass is 10.2. The van der Waals surface area contributed by atoms with Crippen molar-refractivity contribution in [1.29, 1.82) is 0 Å². The summed E-state index contributed by atoms with van der Waals surface area (Å²) < 4.78 is 58.9. The van der Waals surface area contributed by atoms with E-state index in [0.29, 0.717) is 6.33 Å². The average molecular weight is 363 g/mol. The summed E-state index contributed by atoms with van der Waals surface area (Å²) >= 11 is 5.74. The van der Waals surface area contributed by atoms with E-state index >= 15 is 0 Å². The first kappa shape index (κ1) is 17.6. The second-order valence-corrected chi connectivity index (χ2v) is 4.75. The lowest BCUT2D eigenvalue weighted by Crippen LogP contribution is -2.17. The van der Waals surface area contributed by atoms with Crippen LogP contribution in [0.5, 0.6) is 5.75 Å². The van der Waals surface area contributed by atoms with Gasteiger partial charge in [-0.25, -0.2) is 14.2 Å². The lowest BCUT2D eigenvalue weighted by Gasteiger charge is -2.14. The predicted octanol–water partition coefficient (Wildman–Crippen LogP) is 3.39. The van der Waals surface area contributed by atoms with Gasteiger partial charge in [0.2, 0.25) is 0 Å². The molecule has 2 rings (SSSR count). The minimum atomic E-state index is -5.09. The number of benzene rings is 1. The van der Waals surface area contributed by atoms with Crippen LogP contribution in [0.4, 0.5) is 17.6 Å². The quantitative estimate of drug-likeness (QED) is 0.669. The molecule has 0 bridgehead atoms. The number of alkyl halides is 3. The van der Waals surface area contributed by atoms with E-state index in [9.17, 15) is 22.4 Å². The third-order valence-electron chi connectivity index (χ3n) is 2.81. The van der Waals surface area contributed by atoms with Crippen molar-refractivity contribution in [2.24, 2.45) is 0 Å². The van der Waals surface area contributed by atoms with Gasteiger partial charge in [-0.1, -0.05) is 17.5 Å². The van der Waals surface area contributed by atoms with Gasteiger partial charge in [-0.05, 0) is 6.07 Å². The SMILES string of the molecule is C#CCOc1cc(-n2cnc(C(=O)O)c2C(F)(F)F)c(F)cc1Cl. The lowest BCUT2D eigenvalue weighted by molar-refractivity contribution is -0.142. The van der Waals surface area contributed by atoms with Gasteiger partial charge in [0.25, 0.3) is 0 Å². The Balaban J connectivity index is 2.69. The molecule has 0 amide bonds. The van der Waals surface area contributed by atoms with Gasteiger partial charge in [-0.2, -0.15) is 13.2 Å². The van der Waals surface area contributed by atoms with Crippen molar-refractivity contribution in [2.75, 3.05) is 6.61 Å². The van der Waals surface area contributed by atoms with Crippen LogP contribution in [0.3, 0.4) is 0 Å². The summed E-state index contributed by atoms with van der Waals surface area (Å²) in [6, 6.07) is 1.60. The molecule has 2 aromatic rings. The van der Waals surface area contributed by atoms with Gasteiger partial charge in [0.05, 0.1) is 10.7 Å². The molecule has 1 aromatic carbocycles. The molecule has 0 aliphatic rings. The maximum absolute atomic E-state index is 14.1. The highest BCUT2D eigenvalue weighted by atomic mass is 35.5. The molecule has 10 heteroatoms. The largest absolute Gasteiger partial charge is 0.479 e. The zero-order chi connectivity index (χ0) is 18.1. The summed E-state index contributed by atoms with van der Waals surface area (Å²) in [6.07, 6.45) is 0.460. The van der Waals surface area contributed by atoms with Crippen molar-refractivity contribution in [2.45, 2.75) is 6.18 Å². The van der Waals surface area contributed by atoms with Crippen molar-refractivity contribution in [3.05, 3.63) is 40.7 Å². The first-order chi connectivity index (χ1) is 11.2. The average Bonchev–Trinajstić information content (AvgIpc) is 2.91. The van der Waals surface area contributed by atoms with Crippen molar-refractivity contribution >= 4 is 17.6 Å². The van der Waals surface area contributed by atoms with E-state index < -0.39 is 35.0 Å². The molecule has 0 spiro atoms. The first-order valence-corrected chi connectivity index (χ1v) is 6.48. The molecule has 0 saturated heterocycles. The molecule has 0 aliphatic carbocycles. The van der Waals surface area contributed by atoms with Gasteiger partial charge in [0, 0.05) is 6.07 Å². The molecular formula is C14H7ClF4N2O3. The summed E-state index contributed by atoms with van der Waals surface area (Å²) in [5.74, 6) is -1.08. The Morgan fingerprint density at radius 1 is 1.46 bits per heavy atom. The van der Waals surface area contributed by atoms with E-state index in [4.69, 9.17) is 27.9 Å². The third-order valence-corrected chi connectivity index (χ3v) is 3.11. The molecular weight excluding hydrogens is 356 g/mol. The van der Waals surface area contributed by atoms with Gasteiger partial charge < -0.3 is 9.84 Å². The van der Waals surface area contributed by atoms with Crippen LogP contribution in [-0.4, -0.2) is 27.2 Å². The van der Waals surface area contributed by atoms with E-state index in [1.165, 1.54) is 0 Å². The number of aromatic carboxylic acids is 1. The number of carbonyl (C=O) groups is 1. The Labute approximate surface area is 137 Å². The minimum Gasteiger partial charge on any atom is -0.479 e. The van der Waals surface area contributed by atoms with Crippen molar-refractivity contribution in [3.63, 3.8) is 0 Å². The molecule has 0 aliphatic heterocycles. The maximum Gasteiger partial charge on any atom is 0.434 e. The standard InChI is InChI=1S/C14H7ClF4N2O3/c1-2-3-24-10-5-9(8(16)4-7(10)15)21-6-20-11(13(22)23)12(21)14(17,18)19/h1,4-6H,3H2,(H,22,23). The van der Waals surface area contributed by atoms with E-state index in [1.807, 2.05) is 0 Å². The summed E-state index contributed by atoms with van der Waals surface area (Å²) in [5.41, 5.74) is -3.54. The smallest absolute Gasteiger partial charge is 0.434 e. The number of terminal acetylenes is 1. The molecule has 1 aromatic heterocycles. The normalized spacial score (nSPS) is 11.2. The molecule has 1 heterocycles. The fourth-order valence-electron chi connectivity index (χ4n) is 1.89. The number of halogens is 5. The summed E-state index contributed by atoms with van der Waals surface area (Å²) in [5, 5.41) is 8.63. The highest BCUT2D eigenvalue weighted by Crippen LogP contribution is 2.36. The van der Waals surface area contributed by atoms with Crippen LogP contribution < -0.4 is 4.74 Å². The van der Waals surface area contributed by atoms with Crippen LogP contribution in [0.25, 0.3) is 5.69 Å². The topological polar surface area (TPSA) is 64.4 Å². The Bertz CT molecular complexity index is 840. The van der Waals surface area contributed by atoms with Crippen molar-refractivity contribution < 1.29 is 32.2 Å². The van der Waals surface area contributed by atoms with E-state index in [0.717, 1.165) is 12.1 Å². The maximum atomic E-state index is 14.1. The van der Waals surface area contributed by atoms with E-state index in [2.05, 4.69) is 10.9 Å². The Morgan fingerprint density at radius 2 is 2.12 bits per heavy atom. The number of ether oxygens (including phenoxy) is 1. The second kappa shape index (κ2) is 6.41. The van der Waals surface area contributed by atoms with Gasteiger partial charge in [-0.15, -0.1) is 6.42 Å². The summed E-state index contributed by atoms with van der Waals surface area (Å²) in [4.78, 5) is 14.1. The first-order valence-electron chi connectivity index (χ1n) is 6.10. The zero-order valence-electron chi connectivity index (χ0n) is 11.6. The van der Waals surface area contributed by atoms with E-state index in [1.54, 1.807) is 0 Å². The molecule has 5 nitrogen and oxygen atoms in total. The number of hydrogen-bond acceptors (Lipinski definition) is 3. The van der Waals surface area contributed by atoms with Crippen LogP contribution in [0.15, 0.2) is 18.5 Å². The number of hydrogen-bond donors (Lipinski definition) is 1. The minimum absolute atomic E-state index is 0.162. The molecule has 0 fully saturated rings. The van der Waals surface area contributed by atoms with Crippen molar-refractivity contribution in [1.82, 2.24) is 9.55 Å². The molecule has 126 valence electrons. The fraction of sp³-hybridized carbons (Fsp3) is 0.143. The van der Waals surface area contributed by atoms with Gasteiger partial charge in [0.1, 0.15) is 24.5 Å². The number of carboxylic acid groups (broad SMARTS) is 1. The van der Waals surface area contributed by atoms with Gasteiger partial charge in [-0.3, -0.25) is 4.57 Å². The third kappa shape index (κ3) is 3.28. The van der Waals surface area contributed by atoms with Gasteiger partial charge in [0.15, 0.2) is 11.4 Å². The number of rotatable bonds is 4. The highest BCUT2D eigenvalue weighted by Gasteiger charge is 2.41. The number of carboxylic acids is 1. The van der Waals surface area contributed by atoms with Crippen molar-refractivity contribution in [3.8, 4) is 23.8 Å².